The molecule has 0 aliphatic heterocycles. The Balaban J connectivity index is 1.94. The van der Waals surface area contributed by atoms with Crippen molar-refractivity contribution in [2.75, 3.05) is 6.61 Å². The van der Waals surface area contributed by atoms with Gasteiger partial charge in [0, 0.05) is 17.9 Å². The second-order valence-electron chi connectivity index (χ2n) is 6.55. The number of halogens is 2. The first kappa shape index (κ1) is 19.7. The average molecular weight is 423 g/mol. The van der Waals surface area contributed by atoms with Gasteiger partial charge in [0.2, 0.25) is 0 Å². The number of aromatic nitrogens is 2. The maximum absolute atomic E-state index is 6.34. The quantitative estimate of drug-likeness (QED) is 0.335. The third-order valence-corrected chi connectivity index (χ3v) is 5.43. The fourth-order valence-electron chi connectivity index (χ4n) is 3.38. The molecule has 0 radical (unpaired) electrons. The highest BCUT2D eigenvalue weighted by Crippen LogP contribution is 2.34. The van der Waals surface area contributed by atoms with Gasteiger partial charge in [0.25, 0.3) is 0 Å². The fourth-order valence-corrected chi connectivity index (χ4v) is 3.68. The van der Waals surface area contributed by atoms with Crippen LogP contribution in [0.15, 0.2) is 85.1 Å². The van der Waals surface area contributed by atoms with Crippen LogP contribution in [0, 0.1) is 0 Å². The Labute approximate surface area is 180 Å². The first-order chi connectivity index (χ1) is 14.2. The molecule has 1 aromatic heterocycles. The molecule has 1 heterocycles. The molecule has 0 saturated carbocycles. The molecule has 5 heteroatoms. The highest BCUT2D eigenvalue weighted by Gasteiger charge is 2.23. The van der Waals surface area contributed by atoms with E-state index in [1.165, 1.54) is 0 Å². The van der Waals surface area contributed by atoms with Crippen molar-refractivity contribution < 1.29 is 4.74 Å². The van der Waals surface area contributed by atoms with E-state index in [-0.39, 0.29) is 6.10 Å². The molecular formula is C24H20Cl2N2O. The van der Waals surface area contributed by atoms with E-state index in [1.54, 1.807) is 6.07 Å². The van der Waals surface area contributed by atoms with Gasteiger partial charge in [0.1, 0.15) is 11.9 Å². The molecule has 146 valence electrons. The van der Waals surface area contributed by atoms with Crippen molar-refractivity contribution in [1.82, 2.24) is 9.55 Å². The van der Waals surface area contributed by atoms with Crippen LogP contribution in [0.1, 0.15) is 24.3 Å². The van der Waals surface area contributed by atoms with Gasteiger partial charge in [-0.3, -0.25) is 4.57 Å². The molecule has 1 atom stereocenters. The van der Waals surface area contributed by atoms with Crippen molar-refractivity contribution in [1.29, 1.82) is 0 Å². The number of rotatable bonds is 6. The molecule has 0 N–H and O–H groups in total. The van der Waals surface area contributed by atoms with E-state index in [4.69, 9.17) is 32.9 Å². The maximum atomic E-state index is 6.34. The second kappa shape index (κ2) is 8.83. The van der Waals surface area contributed by atoms with Crippen LogP contribution in [-0.2, 0) is 4.74 Å². The zero-order valence-corrected chi connectivity index (χ0v) is 17.4. The first-order valence-corrected chi connectivity index (χ1v) is 10.2. The van der Waals surface area contributed by atoms with Crippen LogP contribution in [0.5, 0.6) is 0 Å². The van der Waals surface area contributed by atoms with Crippen molar-refractivity contribution in [3.63, 3.8) is 0 Å². The van der Waals surface area contributed by atoms with Crippen molar-refractivity contribution in [3.8, 4) is 17.1 Å². The van der Waals surface area contributed by atoms with E-state index in [0.717, 1.165) is 28.3 Å². The lowest BCUT2D eigenvalue weighted by molar-refractivity contribution is 0.0873. The summed E-state index contributed by atoms with van der Waals surface area (Å²) in [6, 6.07) is 25.8. The van der Waals surface area contributed by atoms with E-state index in [2.05, 4.69) is 16.7 Å². The lowest BCUT2D eigenvalue weighted by atomic mass is 10.1. The van der Waals surface area contributed by atoms with Gasteiger partial charge in [-0.05, 0) is 30.7 Å². The Morgan fingerprint density at radius 2 is 1.59 bits per heavy atom. The van der Waals surface area contributed by atoms with Crippen LogP contribution in [0.2, 0.25) is 10.0 Å². The fraction of sp³-hybridized carbons (Fsp3) is 0.125. The van der Waals surface area contributed by atoms with Gasteiger partial charge in [-0.2, -0.15) is 0 Å². The minimum Gasteiger partial charge on any atom is -0.367 e. The van der Waals surface area contributed by atoms with Crippen LogP contribution in [0.4, 0.5) is 0 Å². The first-order valence-electron chi connectivity index (χ1n) is 9.44. The molecule has 1 unspecified atom stereocenters. The molecule has 0 amide bonds. The molecule has 0 saturated heterocycles. The molecular weight excluding hydrogens is 403 g/mol. The predicted molar refractivity (Wildman–Crippen MR) is 119 cm³/mol. The number of hydrogen-bond donors (Lipinski definition) is 0. The Kier molecular flexibility index (Phi) is 6.00. The van der Waals surface area contributed by atoms with E-state index in [1.807, 2.05) is 73.8 Å². The number of ether oxygens (including phenoxy) is 1. The van der Waals surface area contributed by atoms with Gasteiger partial charge in [0.15, 0.2) is 0 Å². The van der Waals surface area contributed by atoms with Crippen molar-refractivity contribution in [3.05, 3.63) is 106 Å². The topological polar surface area (TPSA) is 27.1 Å². The molecule has 0 aliphatic carbocycles. The lowest BCUT2D eigenvalue weighted by Crippen LogP contribution is -2.12. The zero-order valence-electron chi connectivity index (χ0n) is 15.9. The monoisotopic (exact) mass is 422 g/mol. The minimum absolute atomic E-state index is 0.263. The number of imidazole rings is 1. The summed E-state index contributed by atoms with van der Waals surface area (Å²) in [6.45, 7) is 2.57. The summed E-state index contributed by atoms with van der Waals surface area (Å²) in [5.41, 5.74) is 3.88. The minimum atomic E-state index is -0.263. The summed E-state index contributed by atoms with van der Waals surface area (Å²) in [5, 5.41) is 1.01. The summed E-state index contributed by atoms with van der Waals surface area (Å²) in [6.07, 6.45) is 1.61. The van der Waals surface area contributed by atoms with E-state index in [0.29, 0.717) is 16.7 Å². The standard InChI is InChI=1S/C24H20Cl2N2O/c1-2-29-23(17-9-5-3-6-10-17)22-16-27-24(18-11-7-4-8-12-18)28(22)19-13-14-20(25)21(26)15-19/h3-16,23H,2H2,1H3. The Morgan fingerprint density at radius 1 is 0.897 bits per heavy atom. The van der Waals surface area contributed by atoms with Crippen molar-refractivity contribution in [2.24, 2.45) is 0 Å². The molecule has 0 fully saturated rings. The maximum Gasteiger partial charge on any atom is 0.144 e. The van der Waals surface area contributed by atoms with Crippen molar-refractivity contribution in [2.45, 2.75) is 13.0 Å². The normalized spacial score (nSPS) is 12.1. The smallest absolute Gasteiger partial charge is 0.144 e. The van der Waals surface area contributed by atoms with E-state index in [9.17, 15) is 0 Å². The van der Waals surface area contributed by atoms with Crippen LogP contribution in [-0.4, -0.2) is 16.2 Å². The number of benzene rings is 3. The third-order valence-electron chi connectivity index (χ3n) is 4.69. The second-order valence-corrected chi connectivity index (χ2v) is 7.37. The Bertz CT molecular complexity index is 1090. The predicted octanol–water partition coefficient (Wildman–Crippen LogP) is 6.97. The molecule has 4 aromatic rings. The lowest BCUT2D eigenvalue weighted by Gasteiger charge is -2.21. The van der Waals surface area contributed by atoms with Gasteiger partial charge in [-0.1, -0.05) is 83.9 Å². The summed E-state index contributed by atoms with van der Waals surface area (Å²) in [5.74, 6) is 0.819. The van der Waals surface area contributed by atoms with E-state index >= 15 is 0 Å². The molecule has 3 nitrogen and oxygen atoms in total. The Morgan fingerprint density at radius 3 is 2.24 bits per heavy atom. The zero-order chi connectivity index (χ0) is 20.2. The third kappa shape index (κ3) is 4.08. The average Bonchev–Trinajstić information content (AvgIpc) is 3.20. The largest absolute Gasteiger partial charge is 0.367 e. The SMILES string of the molecule is CCOC(c1ccccc1)c1cnc(-c2ccccc2)n1-c1ccc(Cl)c(Cl)c1. The summed E-state index contributed by atoms with van der Waals surface area (Å²) < 4.78 is 8.25. The highest BCUT2D eigenvalue weighted by molar-refractivity contribution is 6.42. The Hall–Kier alpha value is -2.59. The van der Waals surface area contributed by atoms with Crippen LogP contribution in [0.3, 0.4) is 0 Å². The molecule has 0 bridgehead atoms. The summed E-state index contributed by atoms with van der Waals surface area (Å²) >= 11 is 12.5. The summed E-state index contributed by atoms with van der Waals surface area (Å²) in [4.78, 5) is 4.75. The van der Waals surface area contributed by atoms with Gasteiger partial charge in [-0.15, -0.1) is 0 Å². The van der Waals surface area contributed by atoms with Crippen LogP contribution in [0.25, 0.3) is 17.1 Å². The van der Waals surface area contributed by atoms with Gasteiger partial charge in [0.05, 0.1) is 21.9 Å². The molecule has 0 spiro atoms. The van der Waals surface area contributed by atoms with Gasteiger partial charge >= 0.3 is 0 Å². The summed E-state index contributed by atoms with van der Waals surface area (Å²) in [7, 11) is 0. The highest BCUT2D eigenvalue weighted by atomic mass is 35.5. The van der Waals surface area contributed by atoms with E-state index < -0.39 is 0 Å². The number of hydrogen-bond acceptors (Lipinski definition) is 2. The molecule has 29 heavy (non-hydrogen) atoms. The number of nitrogens with zero attached hydrogens (tertiary/aromatic N) is 2. The molecule has 3 aromatic carbocycles. The van der Waals surface area contributed by atoms with Gasteiger partial charge < -0.3 is 4.74 Å². The van der Waals surface area contributed by atoms with Crippen molar-refractivity contribution >= 4 is 23.2 Å². The molecule has 4 rings (SSSR count). The molecule has 0 aliphatic rings. The van der Waals surface area contributed by atoms with Crippen LogP contribution >= 0.6 is 23.2 Å². The van der Waals surface area contributed by atoms with Crippen LogP contribution < -0.4 is 0 Å². The van der Waals surface area contributed by atoms with Gasteiger partial charge in [-0.25, -0.2) is 4.98 Å².